The molecule has 1 atom stereocenters. The van der Waals surface area contributed by atoms with Crippen LogP contribution in [-0.2, 0) is 11.1 Å². The van der Waals surface area contributed by atoms with Crippen molar-refractivity contribution in [1.29, 1.82) is 0 Å². The Morgan fingerprint density at radius 1 is 0.882 bits per heavy atom. The summed E-state index contributed by atoms with van der Waals surface area (Å²) in [6.45, 7) is 0. The van der Waals surface area contributed by atoms with Crippen LogP contribution in [0.5, 0.6) is 0 Å². The molecule has 0 radical (unpaired) electrons. The fourth-order valence-corrected chi connectivity index (χ4v) is 1.87. The molecule has 0 aliphatic rings. The molecule has 0 rings (SSSR count). The maximum Gasteiger partial charge on any atom is 1.00 e. The molecule has 0 fully saturated rings. The zero-order valence-corrected chi connectivity index (χ0v) is 14.2. The molecule has 2 nitrogen and oxygen atoms in total. The molecule has 7 heteroatoms. The number of alkyl halides is 3. The Labute approximate surface area is 146 Å². The molecule has 0 saturated carbocycles. The van der Waals surface area contributed by atoms with Crippen molar-refractivity contribution in [3.05, 3.63) is 0 Å². The maximum atomic E-state index is 11.7. The first-order valence-electron chi connectivity index (χ1n) is 5.54. The summed E-state index contributed by atoms with van der Waals surface area (Å²) in [5.74, 6) is 0.189. The minimum atomic E-state index is -4.03. The van der Waals surface area contributed by atoms with Crippen molar-refractivity contribution in [2.75, 3.05) is 5.75 Å². The summed E-state index contributed by atoms with van der Waals surface area (Å²) < 4.78 is 55.6. The van der Waals surface area contributed by atoms with Crippen molar-refractivity contribution < 1.29 is 73.3 Å². The molecule has 0 amide bonds. The van der Waals surface area contributed by atoms with Crippen molar-refractivity contribution in [2.45, 2.75) is 57.5 Å². The van der Waals surface area contributed by atoms with Crippen molar-refractivity contribution in [1.82, 2.24) is 0 Å². The van der Waals surface area contributed by atoms with E-state index in [9.17, 15) is 21.9 Å². The predicted molar refractivity (Wildman–Crippen MR) is 56.8 cm³/mol. The van der Waals surface area contributed by atoms with Crippen LogP contribution in [0.25, 0.3) is 0 Å². The average Bonchev–Trinajstić information content (AvgIpc) is 2.13. The second-order valence-corrected chi connectivity index (χ2v) is 4.86. The van der Waals surface area contributed by atoms with E-state index in [-0.39, 0.29) is 63.6 Å². The van der Waals surface area contributed by atoms with Crippen LogP contribution in [-0.4, -0.2) is 20.7 Å². The van der Waals surface area contributed by atoms with Crippen LogP contribution in [0, 0.1) is 0 Å². The van der Waals surface area contributed by atoms with Gasteiger partial charge in [0.05, 0.1) is 0 Å². The largest absolute Gasteiger partial charge is 1.00 e. The molecule has 0 N–H and O–H groups in total. The van der Waals surface area contributed by atoms with Gasteiger partial charge >= 0.3 is 57.6 Å². The third kappa shape index (κ3) is 20.0. The van der Waals surface area contributed by atoms with Crippen LogP contribution >= 0.6 is 0 Å². The van der Waals surface area contributed by atoms with Crippen molar-refractivity contribution in [3.63, 3.8) is 0 Å². The molecule has 0 heterocycles. The number of hydrogen-bond acceptors (Lipinski definition) is 2. The normalized spacial score (nSPS) is 13.2. The molecule has 0 aliphatic carbocycles. The van der Waals surface area contributed by atoms with E-state index in [1.807, 2.05) is 0 Å². The zero-order valence-electron chi connectivity index (χ0n) is 10.2. The van der Waals surface area contributed by atoms with Gasteiger partial charge < -0.3 is 4.55 Å². The van der Waals surface area contributed by atoms with Gasteiger partial charge in [0.15, 0.2) is 0 Å². The smallest absolute Gasteiger partial charge is 0.772 e. The molecule has 0 aromatic rings. The molecule has 0 spiro atoms. The van der Waals surface area contributed by atoms with E-state index in [2.05, 4.69) is 0 Å². The standard InChI is InChI=1S/C10H19F3O2S.K/c11-10(12,13)8-6-4-2-1-3-5-7-9-16(14)15;/h1-9H2,(H,14,15);/q;+1/p-1. The summed E-state index contributed by atoms with van der Waals surface area (Å²) in [6.07, 6.45) is 0.177. The fraction of sp³-hybridized carbons (Fsp3) is 1.00. The first-order valence-corrected chi connectivity index (χ1v) is 6.79. The fourth-order valence-electron chi connectivity index (χ4n) is 1.43. The molecular formula is C10H18F3KO2S. The quantitative estimate of drug-likeness (QED) is 0.354. The van der Waals surface area contributed by atoms with Gasteiger partial charge in [-0.1, -0.05) is 43.2 Å². The molecule has 98 valence electrons. The zero-order chi connectivity index (χ0) is 12.4. The van der Waals surface area contributed by atoms with E-state index in [0.717, 1.165) is 25.7 Å². The average molecular weight is 298 g/mol. The van der Waals surface area contributed by atoms with Crippen molar-refractivity contribution in [3.8, 4) is 0 Å². The van der Waals surface area contributed by atoms with E-state index in [1.54, 1.807) is 0 Å². The van der Waals surface area contributed by atoms with Crippen molar-refractivity contribution in [2.24, 2.45) is 0 Å². The van der Waals surface area contributed by atoms with E-state index in [0.29, 0.717) is 12.8 Å². The Bertz CT molecular complexity index is 200. The summed E-state index contributed by atoms with van der Waals surface area (Å²) in [5, 5.41) is 0. The van der Waals surface area contributed by atoms with Gasteiger partial charge in [-0.05, 0) is 12.8 Å². The van der Waals surface area contributed by atoms with Crippen molar-refractivity contribution >= 4 is 11.1 Å². The summed E-state index contributed by atoms with van der Waals surface area (Å²) in [6, 6.07) is 0. The number of unbranched alkanes of at least 4 members (excludes halogenated alkanes) is 6. The van der Waals surface area contributed by atoms with Gasteiger partial charge in [0.1, 0.15) is 0 Å². The van der Waals surface area contributed by atoms with Gasteiger partial charge in [-0.3, -0.25) is 4.21 Å². The van der Waals surface area contributed by atoms with Gasteiger partial charge in [0, 0.05) is 12.2 Å². The first kappa shape index (κ1) is 20.8. The van der Waals surface area contributed by atoms with Crippen LogP contribution in [0.15, 0.2) is 0 Å². The van der Waals surface area contributed by atoms with Gasteiger partial charge in [0.25, 0.3) is 0 Å². The number of halogens is 3. The Kier molecular flexibility index (Phi) is 15.4. The third-order valence-corrected chi connectivity index (χ3v) is 2.89. The second-order valence-electron chi connectivity index (χ2n) is 3.85. The first-order chi connectivity index (χ1) is 7.42. The van der Waals surface area contributed by atoms with Crippen LogP contribution in [0.2, 0.25) is 0 Å². The van der Waals surface area contributed by atoms with Crippen LogP contribution < -0.4 is 51.4 Å². The Balaban J connectivity index is 0. The van der Waals surface area contributed by atoms with E-state index < -0.39 is 23.7 Å². The summed E-state index contributed by atoms with van der Waals surface area (Å²) in [7, 11) is 0. The Morgan fingerprint density at radius 2 is 1.29 bits per heavy atom. The van der Waals surface area contributed by atoms with Crippen LogP contribution in [0.1, 0.15) is 51.4 Å². The maximum absolute atomic E-state index is 11.7. The summed E-state index contributed by atoms with van der Waals surface area (Å²) in [5.41, 5.74) is 0. The monoisotopic (exact) mass is 298 g/mol. The summed E-state index contributed by atoms with van der Waals surface area (Å²) >= 11 is -1.96. The molecule has 0 aromatic heterocycles. The molecular weight excluding hydrogens is 280 g/mol. The molecule has 17 heavy (non-hydrogen) atoms. The van der Waals surface area contributed by atoms with Crippen LogP contribution in [0.3, 0.4) is 0 Å². The number of rotatable bonds is 9. The van der Waals surface area contributed by atoms with Gasteiger partial charge in [-0.25, -0.2) is 0 Å². The topological polar surface area (TPSA) is 40.1 Å². The predicted octanol–water partition coefficient (Wildman–Crippen LogP) is 0.553. The molecule has 0 bridgehead atoms. The Hall–Kier alpha value is 1.54. The molecule has 0 aromatic carbocycles. The minimum absolute atomic E-state index is 0. The molecule has 0 saturated heterocycles. The summed E-state index contributed by atoms with van der Waals surface area (Å²) in [4.78, 5) is 0. The molecule has 1 unspecified atom stereocenters. The Morgan fingerprint density at radius 3 is 1.71 bits per heavy atom. The van der Waals surface area contributed by atoms with E-state index >= 15 is 0 Å². The van der Waals surface area contributed by atoms with Crippen LogP contribution in [0.4, 0.5) is 13.2 Å². The van der Waals surface area contributed by atoms with E-state index in [4.69, 9.17) is 0 Å². The second kappa shape index (κ2) is 12.6. The van der Waals surface area contributed by atoms with Gasteiger partial charge in [0.2, 0.25) is 0 Å². The SMILES string of the molecule is O=S([O-])CCCCCCCCCC(F)(F)F.[K+]. The third-order valence-electron chi connectivity index (χ3n) is 2.27. The number of hydrogen-bond donors (Lipinski definition) is 0. The molecule has 0 aliphatic heterocycles. The minimum Gasteiger partial charge on any atom is -0.772 e. The van der Waals surface area contributed by atoms with Gasteiger partial charge in [-0.15, -0.1) is 0 Å². The van der Waals surface area contributed by atoms with Gasteiger partial charge in [-0.2, -0.15) is 13.2 Å². The van der Waals surface area contributed by atoms with E-state index in [1.165, 1.54) is 0 Å².